The van der Waals surface area contributed by atoms with Gasteiger partial charge in [0.05, 0.1) is 0 Å². The maximum atomic E-state index is 11.8. The van der Waals surface area contributed by atoms with E-state index in [1.54, 1.807) is 0 Å². The minimum absolute atomic E-state index is 0.259. The summed E-state index contributed by atoms with van der Waals surface area (Å²) >= 11 is 0. The molecule has 3 heteroatoms. The smallest absolute Gasteiger partial charge is 0.102 e. The molecule has 1 aliphatic heterocycles. The molecule has 0 aromatic rings. The molecule has 1 aliphatic rings. The van der Waals surface area contributed by atoms with Crippen LogP contribution in [0, 0.1) is 5.92 Å². The normalized spacial score (nSPS) is 27.3. The molecule has 1 unspecified atom stereocenters. The molecular weight excluding hydrogens is 143 g/mol. The molecule has 2 N–H and O–H groups in total. The Labute approximate surface area is 67.6 Å². The number of alkyl halides is 1. The molecule has 2 atom stereocenters. The van der Waals surface area contributed by atoms with Gasteiger partial charge in [-0.05, 0) is 32.4 Å². The van der Waals surface area contributed by atoms with Crippen LogP contribution in [0.3, 0.4) is 0 Å². The van der Waals surface area contributed by atoms with Crippen LogP contribution in [0.5, 0.6) is 0 Å². The molecule has 1 fully saturated rings. The van der Waals surface area contributed by atoms with Crippen LogP contribution in [0.25, 0.3) is 0 Å². The lowest BCUT2D eigenvalue weighted by Crippen LogP contribution is -2.35. The lowest BCUT2D eigenvalue weighted by atomic mass is 10.0. The lowest BCUT2D eigenvalue weighted by molar-refractivity contribution is 0.371. The summed E-state index contributed by atoms with van der Waals surface area (Å²) in [5, 5.41) is 6.46. The van der Waals surface area contributed by atoms with Crippen molar-refractivity contribution < 1.29 is 4.39 Å². The highest BCUT2D eigenvalue weighted by atomic mass is 19.1. The monoisotopic (exact) mass is 160 g/mol. The van der Waals surface area contributed by atoms with Gasteiger partial charge in [-0.25, -0.2) is 4.39 Å². The molecule has 1 heterocycles. The standard InChI is InChI=1S/C8H17FN2/c1-7(11-5-3-9)8-2-4-10-6-8/h7-8,10-11H,2-6H2,1H3/t7?,8-/m1/s1. The topological polar surface area (TPSA) is 24.1 Å². The third kappa shape index (κ3) is 2.75. The van der Waals surface area contributed by atoms with Gasteiger partial charge in [0, 0.05) is 12.6 Å². The molecule has 0 saturated carbocycles. The lowest BCUT2D eigenvalue weighted by Gasteiger charge is -2.18. The molecule has 0 aliphatic carbocycles. The van der Waals surface area contributed by atoms with Crippen molar-refractivity contribution in [1.82, 2.24) is 10.6 Å². The third-order valence-corrected chi connectivity index (χ3v) is 2.37. The first kappa shape index (κ1) is 8.94. The molecule has 0 amide bonds. The van der Waals surface area contributed by atoms with Crippen LogP contribution in [-0.2, 0) is 0 Å². The summed E-state index contributed by atoms with van der Waals surface area (Å²) in [6, 6.07) is 0.459. The first-order valence-corrected chi connectivity index (χ1v) is 4.34. The van der Waals surface area contributed by atoms with Gasteiger partial charge < -0.3 is 10.6 Å². The zero-order chi connectivity index (χ0) is 8.10. The van der Waals surface area contributed by atoms with Crippen LogP contribution in [0.15, 0.2) is 0 Å². The second kappa shape index (κ2) is 4.67. The zero-order valence-corrected chi connectivity index (χ0v) is 7.07. The maximum Gasteiger partial charge on any atom is 0.102 e. The van der Waals surface area contributed by atoms with Gasteiger partial charge in [0.25, 0.3) is 0 Å². The van der Waals surface area contributed by atoms with Crippen LogP contribution in [0.2, 0.25) is 0 Å². The van der Waals surface area contributed by atoms with Crippen molar-refractivity contribution in [1.29, 1.82) is 0 Å². The number of rotatable bonds is 4. The molecule has 0 bridgehead atoms. The quantitative estimate of drug-likeness (QED) is 0.627. The first-order chi connectivity index (χ1) is 5.34. The van der Waals surface area contributed by atoms with Gasteiger partial charge in [0.2, 0.25) is 0 Å². The molecule has 1 rings (SSSR count). The number of hydrogen-bond donors (Lipinski definition) is 2. The average Bonchev–Trinajstić information content (AvgIpc) is 2.52. The number of hydrogen-bond acceptors (Lipinski definition) is 2. The van der Waals surface area contributed by atoms with Gasteiger partial charge in [0.15, 0.2) is 0 Å². The Morgan fingerprint density at radius 3 is 3.09 bits per heavy atom. The van der Waals surface area contributed by atoms with E-state index in [0.29, 0.717) is 18.5 Å². The summed E-state index contributed by atoms with van der Waals surface area (Å²) < 4.78 is 11.8. The molecule has 0 aromatic carbocycles. The van der Waals surface area contributed by atoms with E-state index in [1.165, 1.54) is 6.42 Å². The van der Waals surface area contributed by atoms with Crippen molar-refractivity contribution in [2.75, 3.05) is 26.3 Å². The van der Waals surface area contributed by atoms with Crippen LogP contribution in [0.4, 0.5) is 4.39 Å². The minimum Gasteiger partial charge on any atom is -0.316 e. The second-order valence-electron chi connectivity index (χ2n) is 3.18. The Kier molecular flexibility index (Phi) is 3.80. The fraction of sp³-hybridized carbons (Fsp3) is 1.00. The van der Waals surface area contributed by atoms with E-state index in [0.717, 1.165) is 13.1 Å². The van der Waals surface area contributed by atoms with Crippen LogP contribution in [-0.4, -0.2) is 32.4 Å². The largest absolute Gasteiger partial charge is 0.316 e. The van der Waals surface area contributed by atoms with Gasteiger partial charge in [-0.15, -0.1) is 0 Å². The fourth-order valence-electron chi connectivity index (χ4n) is 1.55. The molecule has 66 valence electrons. The predicted octanol–water partition coefficient (Wildman–Crippen LogP) is 0.543. The third-order valence-electron chi connectivity index (χ3n) is 2.37. The van der Waals surface area contributed by atoms with Crippen LogP contribution in [0.1, 0.15) is 13.3 Å². The summed E-state index contributed by atoms with van der Waals surface area (Å²) in [5.74, 6) is 0.696. The Bertz CT molecular complexity index is 102. The molecule has 11 heavy (non-hydrogen) atoms. The van der Waals surface area contributed by atoms with Crippen molar-refractivity contribution in [2.45, 2.75) is 19.4 Å². The van der Waals surface area contributed by atoms with Gasteiger partial charge >= 0.3 is 0 Å². The molecule has 2 nitrogen and oxygen atoms in total. The van der Waals surface area contributed by atoms with E-state index in [1.807, 2.05) is 0 Å². The van der Waals surface area contributed by atoms with E-state index < -0.39 is 0 Å². The zero-order valence-electron chi connectivity index (χ0n) is 7.07. The Balaban J connectivity index is 2.12. The Morgan fingerprint density at radius 2 is 2.55 bits per heavy atom. The number of halogens is 1. The Hall–Kier alpha value is -0.150. The summed E-state index contributed by atoms with van der Waals surface area (Å²) in [5.41, 5.74) is 0. The molecule has 0 radical (unpaired) electrons. The van der Waals surface area contributed by atoms with E-state index in [-0.39, 0.29) is 6.67 Å². The SMILES string of the molecule is CC(NCCF)[C@@H]1CCNC1. The summed E-state index contributed by atoms with van der Waals surface area (Å²) in [6.07, 6.45) is 1.22. The summed E-state index contributed by atoms with van der Waals surface area (Å²) in [7, 11) is 0. The van der Waals surface area contributed by atoms with Gasteiger partial charge in [0.1, 0.15) is 6.67 Å². The van der Waals surface area contributed by atoms with E-state index in [9.17, 15) is 4.39 Å². The molecule has 1 saturated heterocycles. The van der Waals surface area contributed by atoms with Crippen molar-refractivity contribution in [2.24, 2.45) is 5.92 Å². The van der Waals surface area contributed by atoms with Crippen LogP contribution < -0.4 is 10.6 Å². The summed E-state index contributed by atoms with van der Waals surface area (Å²) in [4.78, 5) is 0. The molecular formula is C8H17FN2. The van der Waals surface area contributed by atoms with E-state index >= 15 is 0 Å². The van der Waals surface area contributed by atoms with Gasteiger partial charge in [-0.3, -0.25) is 0 Å². The molecule has 0 aromatic heterocycles. The highest BCUT2D eigenvalue weighted by Crippen LogP contribution is 2.11. The van der Waals surface area contributed by atoms with E-state index in [2.05, 4.69) is 17.6 Å². The summed E-state index contributed by atoms with van der Waals surface area (Å²) in [6.45, 7) is 4.57. The first-order valence-electron chi connectivity index (χ1n) is 4.34. The van der Waals surface area contributed by atoms with Gasteiger partial charge in [-0.2, -0.15) is 0 Å². The predicted molar refractivity (Wildman–Crippen MR) is 44.4 cm³/mol. The van der Waals surface area contributed by atoms with Gasteiger partial charge in [-0.1, -0.05) is 0 Å². The van der Waals surface area contributed by atoms with Crippen molar-refractivity contribution in [3.63, 3.8) is 0 Å². The highest BCUT2D eigenvalue weighted by molar-refractivity contribution is 4.79. The highest BCUT2D eigenvalue weighted by Gasteiger charge is 2.19. The molecule has 0 spiro atoms. The Morgan fingerprint density at radius 1 is 1.73 bits per heavy atom. The number of nitrogens with one attached hydrogen (secondary N) is 2. The van der Waals surface area contributed by atoms with Crippen LogP contribution >= 0.6 is 0 Å². The second-order valence-corrected chi connectivity index (χ2v) is 3.18. The van der Waals surface area contributed by atoms with Crippen molar-refractivity contribution in [3.8, 4) is 0 Å². The average molecular weight is 160 g/mol. The fourth-order valence-corrected chi connectivity index (χ4v) is 1.55. The van der Waals surface area contributed by atoms with E-state index in [4.69, 9.17) is 0 Å². The van der Waals surface area contributed by atoms with Crippen molar-refractivity contribution >= 4 is 0 Å². The minimum atomic E-state index is -0.259. The van der Waals surface area contributed by atoms with Crippen molar-refractivity contribution in [3.05, 3.63) is 0 Å². The maximum absolute atomic E-state index is 11.8.